The SMILES string of the molecule is Cn1nccc1CCC1(C(=O)O)CC2CCC1O2. The van der Waals surface area contributed by atoms with Gasteiger partial charge in [0.05, 0.1) is 17.6 Å². The van der Waals surface area contributed by atoms with Gasteiger partial charge in [0.25, 0.3) is 0 Å². The van der Waals surface area contributed by atoms with E-state index in [4.69, 9.17) is 4.74 Å². The third kappa shape index (κ3) is 1.65. The minimum absolute atomic E-state index is 0.0896. The zero-order valence-corrected chi connectivity index (χ0v) is 10.5. The van der Waals surface area contributed by atoms with Crippen molar-refractivity contribution in [3.05, 3.63) is 18.0 Å². The Labute approximate surface area is 106 Å². The lowest BCUT2D eigenvalue weighted by atomic mass is 9.71. The topological polar surface area (TPSA) is 64.4 Å². The summed E-state index contributed by atoms with van der Waals surface area (Å²) < 4.78 is 7.56. The highest BCUT2D eigenvalue weighted by Gasteiger charge is 2.56. The lowest BCUT2D eigenvalue weighted by Crippen LogP contribution is -2.40. The smallest absolute Gasteiger partial charge is 0.312 e. The van der Waals surface area contributed by atoms with Gasteiger partial charge in [0.1, 0.15) is 0 Å². The molecule has 18 heavy (non-hydrogen) atoms. The van der Waals surface area contributed by atoms with Crippen molar-refractivity contribution in [1.82, 2.24) is 9.78 Å². The van der Waals surface area contributed by atoms with Crippen LogP contribution in [-0.4, -0.2) is 33.1 Å². The maximum absolute atomic E-state index is 11.7. The largest absolute Gasteiger partial charge is 0.481 e. The number of aliphatic carboxylic acids is 1. The molecule has 2 fully saturated rings. The average molecular weight is 250 g/mol. The summed E-state index contributed by atoms with van der Waals surface area (Å²) in [4.78, 5) is 11.7. The molecule has 0 radical (unpaired) electrons. The highest BCUT2D eigenvalue weighted by molar-refractivity contribution is 5.76. The maximum atomic E-state index is 11.7. The van der Waals surface area contributed by atoms with Gasteiger partial charge in [-0.3, -0.25) is 9.48 Å². The summed E-state index contributed by atoms with van der Waals surface area (Å²) in [6.07, 6.45) is 5.79. The predicted octanol–water partition coefficient (Wildman–Crippen LogP) is 1.38. The van der Waals surface area contributed by atoms with Gasteiger partial charge >= 0.3 is 5.97 Å². The molecule has 1 aromatic heterocycles. The quantitative estimate of drug-likeness (QED) is 0.876. The van der Waals surface area contributed by atoms with Gasteiger partial charge in [-0.1, -0.05) is 0 Å². The van der Waals surface area contributed by atoms with E-state index in [2.05, 4.69) is 5.10 Å². The molecular weight excluding hydrogens is 232 g/mol. The molecule has 0 saturated carbocycles. The minimum Gasteiger partial charge on any atom is -0.481 e. The Morgan fingerprint density at radius 2 is 2.50 bits per heavy atom. The van der Waals surface area contributed by atoms with E-state index in [1.807, 2.05) is 17.8 Å². The van der Waals surface area contributed by atoms with Crippen molar-refractivity contribution >= 4 is 5.97 Å². The first-order chi connectivity index (χ1) is 8.62. The molecule has 2 aliphatic rings. The number of nitrogens with zero attached hydrogens (tertiary/aromatic N) is 2. The van der Waals surface area contributed by atoms with Crippen molar-refractivity contribution in [2.75, 3.05) is 0 Å². The summed E-state index contributed by atoms with van der Waals surface area (Å²) in [6.45, 7) is 0. The molecule has 0 spiro atoms. The van der Waals surface area contributed by atoms with Crippen molar-refractivity contribution in [3.8, 4) is 0 Å². The zero-order chi connectivity index (χ0) is 12.8. The first kappa shape index (κ1) is 11.7. The van der Waals surface area contributed by atoms with Gasteiger partial charge in [0.2, 0.25) is 0 Å². The van der Waals surface area contributed by atoms with Crippen molar-refractivity contribution < 1.29 is 14.6 Å². The van der Waals surface area contributed by atoms with Crippen LogP contribution in [0.5, 0.6) is 0 Å². The van der Waals surface area contributed by atoms with E-state index in [0.717, 1.165) is 25.0 Å². The molecule has 3 rings (SSSR count). The van der Waals surface area contributed by atoms with Crippen LogP contribution in [0.15, 0.2) is 12.3 Å². The van der Waals surface area contributed by atoms with Crippen molar-refractivity contribution in [2.45, 2.75) is 44.3 Å². The number of rotatable bonds is 4. The van der Waals surface area contributed by atoms with E-state index in [0.29, 0.717) is 12.8 Å². The first-order valence-electron chi connectivity index (χ1n) is 6.47. The summed E-state index contributed by atoms with van der Waals surface area (Å²) in [5.41, 5.74) is 0.408. The van der Waals surface area contributed by atoms with E-state index in [-0.39, 0.29) is 12.2 Å². The summed E-state index contributed by atoms with van der Waals surface area (Å²) >= 11 is 0. The van der Waals surface area contributed by atoms with E-state index in [1.54, 1.807) is 6.20 Å². The second kappa shape index (κ2) is 4.09. The Balaban J connectivity index is 1.76. The highest BCUT2D eigenvalue weighted by Crippen LogP contribution is 2.50. The molecule has 2 aliphatic heterocycles. The van der Waals surface area contributed by atoms with Gasteiger partial charge < -0.3 is 9.84 Å². The predicted molar refractivity (Wildman–Crippen MR) is 64.1 cm³/mol. The molecule has 5 nitrogen and oxygen atoms in total. The van der Waals surface area contributed by atoms with Crippen LogP contribution in [0.2, 0.25) is 0 Å². The summed E-state index contributed by atoms with van der Waals surface area (Å²) in [5, 5.41) is 13.7. The second-order valence-corrected chi connectivity index (χ2v) is 5.44. The second-order valence-electron chi connectivity index (χ2n) is 5.44. The van der Waals surface area contributed by atoms with E-state index < -0.39 is 11.4 Å². The number of aryl methyl sites for hydroxylation is 2. The Morgan fingerprint density at radius 3 is 3.00 bits per heavy atom. The number of hydrogen-bond donors (Lipinski definition) is 1. The minimum atomic E-state index is -0.697. The summed E-state index contributed by atoms with van der Waals surface area (Å²) in [6, 6.07) is 1.95. The zero-order valence-electron chi connectivity index (χ0n) is 10.5. The summed E-state index contributed by atoms with van der Waals surface area (Å²) in [5.74, 6) is -0.697. The number of ether oxygens (including phenoxy) is 1. The third-order valence-corrected chi connectivity index (χ3v) is 4.49. The molecular formula is C13H18N2O3. The van der Waals surface area contributed by atoms with Gasteiger partial charge in [0, 0.05) is 18.9 Å². The van der Waals surface area contributed by atoms with Gasteiger partial charge in [-0.25, -0.2) is 0 Å². The lowest BCUT2D eigenvalue weighted by Gasteiger charge is -2.30. The monoisotopic (exact) mass is 250 g/mol. The van der Waals surface area contributed by atoms with Crippen LogP contribution in [-0.2, 0) is 23.0 Å². The molecule has 0 amide bonds. The first-order valence-corrected chi connectivity index (χ1v) is 6.47. The van der Waals surface area contributed by atoms with Crippen LogP contribution in [0, 0.1) is 5.41 Å². The number of carboxylic acid groups (broad SMARTS) is 1. The van der Waals surface area contributed by atoms with Crippen LogP contribution in [0.25, 0.3) is 0 Å². The van der Waals surface area contributed by atoms with E-state index in [9.17, 15) is 9.90 Å². The Morgan fingerprint density at radius 1 is 1.67 bits per heavy atom. The number of aromatic nitrogens is 2. The number of carbonyl (C=O) groups is 1. The molecule has 98 valence electrons. The van der Waals surface area contributed by atoms with Gasteiger partial charge in [-0.2, -0.15) is 5.10 Å². The number of fused-ring (bicyclic) bond motifs is 2. The molecule has 3 heterocycles. The van der Waals surface area contributed by atoms with Crippen molar-refractivity contribution in [2.24, 2.45) is 12.5 Å². The standard InChI is InChI=1S/C13H18N2O3/c1-15-9(5-7-14-15)4-6-13(12(16)17)8-10-2-3-11(13)18-10/h5,7,10-11H,2-4,6,8H2,1H3,(H,16,17). The van der Waals surface area contributed by atoms with Gasteiger partial charge in [0.15, 0.2) is 0 Å². The molecule has 2 saturated heterocycles. The fourth-order valence-electron chi connectivity index (χ4n) is 3.39. The van der Waals surface area contributed by atoms with Gasteiger partial charge in [-0.15, -0.1) is 0 Å². The van der Waals surface area contributed by atoms with Gasteiger partial charge in [-0.05, 0) is 38.2 Å². The molecule has 5 heteroatoms. The van der Waals surface area contributed by atoms with Crippen LogP contribution < -0.4 is 0 Å². The van der Waals surface area contributed by atoms with E-state index >= 15 is 0 Å². The molecule has 1 aromatic rings. The maximum Gasteiger partial charge on any atom is 0.312 e. The fraction of sp³-hybridized carbons (Fsp3) is 0.692. The normalized spacial score (nSPS) is 34.1. The fourth-order valence-corrected chi connectivity index (χ4v) is 3.39. The Bertz CT molecular complexity index is 471. The molecule has 3 unspecified atom stereocenters. The van der Waals surface area contributed by atoms with Crippen LogP contribution in [0.4, 0.5) is 0 Å². The van der Waals surface area contributed by atoms with E-state index in [1.165, 1.54) is 0 Å². The van der Waals surface area contributed by atoms with Crippen molar-refractivity contribution in [1.29, 1.82) is 0 Å². The number of hydrogen-bond acceptors (Lipinski definition) is 3. The molecule has 0 aromatic carbocycles. The Kier molecular flexibility index (Phi) is 2.66. The number of carboxylic acids is 1. The van der Waals surface area contributed by atoms with Crippen LogP contribution >= 0.6 is 0 Å². The summed E-state index contributed by atoms with van der Waals surface area (Å²) in [7, 11) is 1.89. The third-order valence-electron chi connectivity index (χ3n) is 4.49. The molecule has 3 atom stereocenters. The Hall–Kier alpha value is -1.36. The van der Waals surface area contributed by atoms with Crippen molar-refractivity contribution in [3.63, 3.8) is 0 Å². The average Bonchev–Trinajstić information content (AvgIpc) is 3.01. The molecule has 2 bridgehead atoms. The lowest BCUT2D eigenvalue weighted by molar-refractivity contribution is -0.152. The van der Waals surface area contributed by atoms with Crippen LogP contribution in [0.3, 0.4) is 0 Å². The highest BCUT2D eigenvalue weighted by atomic mass is 16.5. The molecule has 1 N–H and O–H groups in total. The van der Waals surface area contributed by atoms with Crippen LogP contribution in [0.1, 0.15) is 31.4 Å². The molecule has 0 aliphatic carbocycles.